The van der Waals surface area contributed by atoms with Gasteiger partial charge in [-0.15, -0.1) is 0 Å². The lowest BCUT2D eigenvalue weighted by Gasteiger charge is -2.23. The van der Waals surface area contributed by atoms with Crippen LogP contribution in [0.2, 0.25) is 0 Å². The van der Waals surface area contributed by atoms with Crippen molar-refractivity contribution < 1.29 is 9.59 Å². The number of carbonyl (C=O) groups is 2. The van der Waals surface area contributed by atoms with Crippen molar-refractivity contribution in [1.29, 1.82) is 0 Å². The van der Waals surface area contributed by atoms with Crippen LogP contribution in [0.5, 0.6) is 0 Å². The van der Waals surface area contributed by atoms with Gasteiger partial charge in [0.15, 0.2) is 0 Å². The zero-order valence-corrected chi connectivity index (χ0v) is 13.2. The maximum Gasteiger partial charge on any atom is 0.330 e. The van der Waals surface area contributed by atoms with Crippen molar-refractivity contribution in [1.82, 2.24) is 19.4 Å². The molecular formula is C14H20N4O4. The normalized spacial score (nSPS) is 17.0. The van der Waals surface area contributed by atoms with Crippen molar-refractivity contribution in [3.8, 4) is 0 Å². The fourth-order valence-corrected chi connectivity index (χ4v) is 2.64. The minimum atomic E-state index is -0.893. The van der Waals surface area contributed by atoms with Crippen LogP contribution >= 0.6 is 0 Å². The molecule has 0 atom stereocenters. The second kappa shape index (κ2) is 5.43. The van der Waals surface area contributed by atoms with E-state index in [0.717, 1.165) is 9.47 Å². The van der Waals surface area contributed by atoms with E-state index in [-0.39, 0.29) is 12.5 Å². The molecule has 2 rings (SSSR count). The monoisotopic (exact) mass is 308 g/mol. The van der Waals surface area contributed by atoms with Crippen molar-refractivity contribution in [2.75, 3.05) is 0 Å². The highest BCUT2D eigenvalue weighted by Gasteiger charge is 2.48. The summed E-state index contributed by atoms with van der Waals surface area (Å²) in [4.78, 5) is 49.3. The lowest BCUT2D eigenvalue weighted by molar-refractivity contribution is -0.132. The smallest absolute Gasteiger partial charge is 0.323 e. The molecule has 0 bridgehead atoms. The summed E-state index contributed by atoms with van der Waals surface area (Å²) in [6.45, 7) is 3.56. The predicted octanol–water partition coefficient (Wildman–Crippen LogP) is -0.305. The predicted molar refractivity (Wildman–Crippen MR) is 79.3 cm³/mol. The van der Waals surface area contributed by atoms with Crippen molar-refractivity contribution in [2.45, 2.75) is 38.8 Å². The van der Waals surface area contributed by atoms with Crippen molar-refractivity contribution in [3.05, 3.63) is 32.6 Å². The Balaban J connectivity index is 2.41. The topological polar surface area (TPSA) is 93.4 Å². The molecule has 0 spiro atoms. The first-order valence-corrected chi connectivity index (χ1v) is 7.17. The zero-order valence-electron chi connectivity index (χ0n) is 13.2. The first-order chi connectivity index (χ1) is 10.3. The molecule has 1 fully saturated rings. The number of aromatic nitrogens is 2. The largest absolute Gasteiger partial charge is 0.330 e. The maximum absolute atomic E-state index is 12.5. The molecule has 1 saturated heterocycles. The number of carbonyl (C=O) groups excluding carboxylic acids is 2. The Hall–Kier alpha value is -2.38. The van der Waals surface area contributed by atoms with Gasteiger partial charge in [-0.2, -0.15) is 0 Å². The third-order valence-corrected chi connectivity index (χ3v) is 4.40. The van der Waals surface area contributed by atoms with E-state index in [0.29, 0.717) is 18.5 Å². The summed E-state index contributed by atoms with van der Waals surface area (Å²) in [7, 11) is 2.88. The summed E-state index contributed by atoms with van der Waals surface area (Å²) in [6, 6.07) is 0.765. The van der Waals surface area contributed by atoms with E-state index in [4.69, 9.17) is 0 Å². The van der Waals surface area contributed by atoms with Gasteiger partial charge in [0, 0.05) is 25.9 Å². The molecule has 8 nitrogen and oxygen atoms in total. The summed E-state index contributed by atoms with van der Waals surface area (Å²) < 4.78 is 2.23. The molecule has 1 aromatic rings. The summed E-state index contributed by atoms with van der Waals surface area (Å²) in [5.41, 5.74) is -1.54. The van der Waals surface area contributed by atoms with Gasteiger partial charge in [0.25, 0.3) is 11.5 Å². The van der Waals surface area contributed by atoms with Gasteiger partial charge in [-0.1, -0.05) is 13.8 Å². The molecule has 1 aliphatic heterocycles. The third kappa shape index (κ3) is 2.24. The summed E-state index contributed by atoms with van der Waals surface area (Å²) in [5.74, 6) is -0.323. The van der Waals surface area contributed by atoms with Crippen LogP contribution in [0.25, 0.3) is 0 Å². The van der Waals surface area contributed by atoms with Gasteiger partial charge in [0.2, 0.25) is 0 Å². The number of rotatable bonds is 4. The Bertz CT molecular complexity index is 742. The second-order valence-corrected chi connectivity index (χ2v) is 5.49. The molecule has 3 amide bonds. The molecule has 0 aliphatic carbocycles. The molecule has 1 aliphatic rings. The number of urea groups is 1. The van der Waals surface area contributed by atoms with Gasteiger partial charge in [-0.25, -0.2) is 9.59 Å². The van der Waals surface area contributed by atoms with Crippen LogP contribution in [0.1, 0.15) is 32.4 Å². The van der Waals surface area contributed by atoms with E-state index in [9.17, 15) is 19.2 Å². The highest BCUT2D eigenvalue weighted by atomic mass is 16.2. The van der Waals surface area contributed by atoms with Crippen LogP contribution in [-0.4, -0.2) is 31.5 Å². The van der Waals surface area contributed by atoms with Gasteiger partial charge in [-0.3, -0.25) is 23.6 Å². The SMILES string of the molecule is CCC1(CC)NC(=O)N(Cc2cc(=O)n(C)c(=O)n2C)C1=O. The van der Waals surface area contributed by atoms with Crippen LogP contribution in [0, 0.1) is 0 Å². The fraction of sp³-hybridized carbons (Fsp3) is 0.571. The Morgan fingerprint density at radius 3 is 2.14 bits per heavy atom. The van der Waals surface area contributed by atoms with Crippen molar-refractivity contribution in [2.24, 2.45) is 14.1 Å². The molecule has 8 heteroatoms. The molecule has 2 heterocycles. The second-order valence-electron chi connectivity index (χ2n) is 5.49. The molecule has 0 radical (unpaired) electrons. The summed E-state index contributed by atoms with van der Waals surface area (Å²) in [5, 5.41) is 2.71. The molecular weight excluding hydrogens is 288 g/mol. The van der Waals surface area contributed by atoms with Crippen LogP contribution in [0.4, 0.5) is 4.79 Å². The number of hydrogen-bond acceptors (Lipinski definition) is 4. The highest BCUT2D eigenvalue weighted by molar-refractivity contribution is 6.06. The van der Waals surface area contributed by atoms with E-state index in [1.165, 1.54) is 24.7 Å². The summed E-state index contributed by atoms with van der Waals surface area (Å²) in [6.07, 6.45) is 0.972. The van der Waals surface area contributed by atoms with E-state index in [2.05, 4.69) is 5.32 Å². The summed E-state index contributed by atoms with van der Waals surface area (Å²) >= 11 is 0. The average molecular weight is 308 g/mol. The van der Waals surface area contributed by atoms with Gasteiger partial charge >= 0.3 is 11.7 Å². The number of imide groups is 1. The van der Waals surface area contributed by atoms with Crippen molar-refractivity contribution >= 4 is 11.9 Å². The van der Waals surface area contributed by atoms with Gasteiger partial charge < -0.3 is 5.32 Å². The van der Waals surface area contributed by atoms with Crippen LogP contribution in [0.3, 0.4) is 0 Å². The quantitative estimate of drug-likeness (QED) is 0.772. The first kappa shape index (κ1) is 16.0. The first-order valence-electron chi connectivity index (χ1n) is 7.17. The molecule has 1 aromatic heterocycles. The number of nitrogens with zero attached hydrogens (tertiary/aromatic N) is 3. The lowest BCUT2D eigenvalue weighted by atomic mass is 9.93. The molecule has 120 valence electrons. The van der Waals surface area contributed by atoms with E-state index in [1.807, 2.05) is 13.8 Å². The van der Waals surface area contributed by atoms with Crippen molar-refractivity contribution in [3.63, 3.8) is 0 Å². The van der Waals surface area contributed by atoms with Crippen LogP contribution < -0.4 is 16.6 Å². The van der Waals surface area contributed by atoms with Crippen LogP contribution in [0.15, 0.2) is 15.7 Å². The molecule has 22 heavy (non-hydrogen) atoms. The number of amides is 3. The molecule has 0 aromatic carbocycles. The van der Waals surface area contributed by atoms with Gasteiger partial charge in [0.05, 0.1) is 6.54 Å². The Morgan fingerprint density at radius 2 is 1.64 bits per heavy atom. The number of nitrogens with one attached hydrogen (secondary N) is 1. The van der Waals surface area contributed by atoms with E-state index >= 15 is 0 Å². The lowest BCUT2D eigenvalue weighted by Crippen LogP contribution is -2.46. The minimum absolute atomic E-state index is 0.103. The standard InChI is InChI=1S/C14H20N4O4/c1-5-14(6-2)11(20)18(12(21)15-14)8-9-7-10(19)17(4)13(22)16(9)3/h7H,5-6,8H2,1-4H3,(H,15,21). The third-order valence-electron chi connectivity index (χ3n) is 4.40. The van der Waals surface area contributed by atoms with Gasteiger partial charge in [-0.05, 0) is 12.8 Å². The fourth-order valence-electron chi connectivity index (χ4n) is 2.64. The highest BCUT2D eigenvalue weighted by Crippen LogP contribution is 2.25. The molecule has 1 N–H and O–H groups in total. The van der Waals surface area contributed by atoms with Gasteiger partial charge in [0.1, 0.15) is 5.54 Å². The Kier molecular flexibility index (Phi) is 3.95. The molecule has 0 unspecified atom stereocenters. The molecule has 0 saturated carbocycles. The Labute approximate surface area is 127 Å². The number of hydrogen-bond donors (Lipinski definition) is 1. The van der Waals surface area contributed by atoms with Crippen LogP contribution in [-0.2, 0) is 25.4 Å². The maximum atomic E-state index is 12.5. The Morgan fingerprint density at radius 1 is 1.05 bits per heavy atom. The van der Waals surface area contributed by atoms with E-state index in [1.54, 1.807) is 0 Å². The zero-order chi connectivity index (χ0) is 16.7. The average Bonchev–Trinajstić information content (AvgIpc) is 2.74. The van der Waals surface area contributed by atoms with E-state index < -0.39 is 22.8 Å². The minimum Gasteiger partial charge on any atom is -0.323 e.